The first kappa shape index (κ1) is 18.9. The van der Waals surface area contributed by atoms with E-state index in [1.54, 1.807) is 23.5 Å². The highest BCUT2D eigenvalue weighted by atomic mass is 32.2. The molecule has 0 aromatic heterocycles. The molecule has 2 aromatic rings. The second-order valence-electron chi connectivity index (χ2n) is 6.87. The van der Waals surface area contributed by atoms with Crippen molar-refractivity contribution in [3.05, 3.63) is 59.7 Å². The lowest BCUT2D eigenvalue weighted by molar-refractivity contribution is 0.0798. The molecule has 1 aliphatic heterocycles. The largest absolute Gasteiger partial charge is 0.496 e. The van der Waals surface area contributed by atoms with Gasteiger partial charge in [0.25, 0.3) is 0 Å². The fourth-order valence-electron chi connectivity index (χ4n) is 3.28. The number of benzene rings is 2. The highest BCUT2D eigenvalue weighted by molar-refractivity contribution is 7.89. The zero-order chi connectivity index (χ0) is 18.9. The van der Waals surface area contributed by atoms with E-state index in [2.05, 4.69) is 17.9 Å². The van der Waals surface area contributed by atoms with Crippen LogP contribution >= 0.6 is 0 Å². The predicted octanol–water partition coefficient (Wildman–Crippen LogP) is 3.07. The summed E-state index contributed by atoms with van der Waals surface area (Å²) in [5.41, 5.74) is 2.16. The van der Waals surface area contributed by atoms with Gasteiger partial charge in [-0.2, -0.15) is 4.31 Å². The standard InChI is InChI=1S/C20H26N2O3S/c1-15-9-11-18(12-10-15)26(23,24)22-13-17(14-22)21(3)16(2)19-7-5-6-8-20(19)25-4/h5-12,16-17H,13-14H2,1-4H3. The average Bonchev–Trinajstić information content (AvgIpc) is 2.59. The number of hydrogen-bond acceptors (Lipinski definition) is 4. The van der Waals surface area contributed by atoms with E-state index in [1.165, 1.54) is 0 Å². The van der Waals surface area contributed by atoms with Gasteiger partial charge in [0.05, 0.1) is 12.0 Å². The SMILES string of the molecule is COc1ccccc1C(C)N(C)C1CN(S(=O)(=O)c2ccc(C)cc2)C1. The summed E-state index contributed by atoms with van der Waals surface area (Å²) in [7, 11) is 0.304. The second kappa shape index (κ2) is 7.39. The molecule has 1 heterocycles. The summed E-state index contributed by atoms with van der Waals surface area (Å²) in [4.78, 5) is 2.58. The van der Waals surface area contributed by atoms with Crippen LogP contribution in [0.25, 0.3) is 0 Å². The minimum atomic E-state index is -3.41. The van der Waals surface area contributed by atoms with Gasteiger partial charge in [-0.1, -0.05) is 35.9 Å². The third kappa shape index (κ3) is 3.49. The molecule has 0 spiro atoms. The summed E-state index contributed by atoms with van der Waals surface area (Å²) < 4.78 is 32.5. The molecule has 1 unspecified atom stereocenters. The molecule has 1 atom stereocenters. The van der Waals surface area contributed by atoms with Crippen molar-refractivity contribution >= 4 is 10.0 Å². The Morgan fingerprint density at radius 1 is 1.12 bits per heavy atom. The summed E-state index contributed by atoms with van der Waals surface area (Å²) in [6.07, 6.45) is 0. The van der Waals surface area contributed by atoms with Gasteiger partial charge in [0, 0.05) is 30.7 Å². The van der Waals surface area contributed by atoms with Gasteiger partial charge >= 0.3 is 0 Å². The normalized spacial score (nSPS) is 17.1. The Hall–Kier alpha value is -1.89. The molecule has 6 heteroatoms. The molecular weight excluding hydrogens is 348 g/mol. The van der Waals surface area contributed by atoms with Crippen LogP contribution in [0.4, 0.5) is 0 Å². The van der Waals surface area contributed by atoms with Crippen LogP contribution in [0.1, 0.15) is 24.1 Å². The van der Waals surface area contributed by atoms with Gasteiger partial charge in [0.15, 0.2) is 0 Å². The topological polar surface area (TPSA) is 49.9 Å². The highest BCUT2D eigenvalue weighted by Crippen LogP contribution is 2.32. The van der Waals surface area contributed by atoms with E-state index >= 15 is 0 Å². The van der Waals surface area contributed by atoms with E-state index in [9.17, 15) is 8.42 Å². The van der Waals surface area contributed by atoms with Crippen molar-refractivity contribution in [2.75, 3.05) is 27.2 Å². The van der Waals surface area contributed by atoms with Crippen molar-refractivity contribution in [2.45, 2.75) is 30.8 Å². The smallest absolute Gasteiger partial charge is 0.243 e. The molecule has 2 aromatic carbocycles. The molecule has 0 saturated carbocycles. The lowest BCUT2D eigenvalue weighted by atomic mass is 10.0. The molecule has 0 N–H and O–H groups in total. The molecule has 26 heavy (non-hydrogen) atoms. The number of nitrogens with zero attached hydrogens (tertiary/aromatic N) is 2. The Balaban J connectivity index is 1.68. The first-order valence-electron chi connectivity index (χ1n) is 8.76. The van der Waals surface area contributed by atoms with Crippen LogP contribution in [0, 0.1) is 6.92 Å². The lowest BCUT2D eigenvalue weighted by Gasteiger charge is -2.45. The molecular formula is C20H26N2O3S. The number of para-hydroxylation sites is 1. The lowest BCUT2D eigenvalue weighted by Crippen LogP contribution is -2.60. The summed E-state index contributed by atoms with van der Waals surface area (Å²) in [5.74, 6) is 0.857. The highest BCUT2D eigenvalue weighted by Gasteiger charge is 2.40. The number of sulfonamides is 1. The summed E-state index contributed by atoms with van der Waals surface area (Å²) in [6.45, 7) is 5.08. The van der Waals surface area contributed by atoms with Crippen LogP contribution < -0.4 is 4.74 Å². The number of hydrogen-bond donors (Lipinski definition) is 0. The van der Waals surface area contributed by atoms with Gasteiger partial charge in [0.2, 0.25) is 10.0 Å². The van der Waals surface area contributed by atoms with Crippen LogP contribution in [0.5, 0.6) is 5.75 Å². The quantitative estimate of drug-likeness (QED) is 0.780. The van der Waals surface area contributed by atoms with Gasteiger partial charge in [-0.05, 0) is 39.1 Å². The Labute approximate surface area is 156 Å². The van der Waals surface area contributed by atoms with E-state index in [1.807, 2.05) is 44.3 Å². The zero-order valence-electron chi connectivity index (χ0n) is 15.7. The molecule has 0 bridgehead atoms. The first-order valence-corrected chi connectivity index (χ1v) is 10.2. The van der Waals surface area contributed by atoms with E-state index in [0.717, 1.165) is 16.9 Å². The fraction of sp³-hybridized carbons (Fsp3) is 0.400. The van der Waals surface area contributed by atoms with Gasteiger partial charge in [-0.15, -0.1) is 0 Å². The molecule has 5 nitrogen and oxygen atoms in total. The molecule has 1 aliphatic rings. The number of methoxy groups -OCH3 is 1. The van der Waals surface area contributed by atoms with E-state index in [-0.39, 0.29) is 12.1 Å². The number of aryl methyl sites for hydroxylation is 1. The summed E-state index contributed by atoms with van der Waals surface area (Å²) >= 11 is 0. The number of ether oxygens (including phenoxy) is 1. The second-order valence-corrected chi connectivity index (χ2v) is 8.81. The molecule has 0 aliphatic carbocycles. The number of likely N-dealkylation sites (N-methyl/N-ethyl adjacent to an activating group) is 1. The maximum absolute atomic E-state index is 12.7. The van der Waals surface area contributed by atoms with Crippen LogP contribution in [0.15, 0.2) is 53.4 Å². The summed E-state index contributed by atoms with van der Waals surface area (Å²) in [5, 5.41) is 0. The predicted molar refractivity (Wildman–Crippen MR) is 103 cm³/mol. The molecule has 0 amide bonds. The minimum Gasteiger partial charge on any atom is -0.496 e. The molecule has 0 radical (unpaired) electrons. The average molecular weight is 375 g/mol. The van der Waals surface area contributed by atoms with Crippen LogP contribution in [0.2, 0.25) is 0 Å². The minimum absolute atomic E-state index is 0.139. The molecule has 1 saturated heterocycles. The van der Waals surface area contributed by atoms with Crippen molar-refractivity contribution in [1.82, 2.24) is 9.21 Å². The third-order valence-corrected chi connectivity index (χ3v) is 7.11. The number of rotatable bonds is 6. The van der Waals surface area contributed by atoms with E-state index in [4.69, 9.17) is 4.74 Å². The van der Waals surface area contributed by atoms with Crippen LogP contribution in [-0.2, 0) is 10.0 Å². The van der Waals surface area contributed by atoms with Crippen LogP contribution in [-0.4, -0.2) is 50.9 Å². The first-order chi connectivity index (χ1) is 12.3. The Bertz CT molecular complexity index is 859. The van der Waals surface area contributed by atoms with Gasteiger partial charge in [-0.3, -0.25) is 4.90 Å². The van der Waals surface area contributed by atoms with Crippen molar-refractivity contribution in [1.29, 1.82) is 0 Å². The summed E-state index contributed by atoms with van der Waals surface area (Å²) in [6, 6.07) is 15.3. The van der Waals surface area contributed by atoms with E-state index < -0.39 is 10.0 Å². The van der Waals surface area contributed by atoms with Crippen molar-refractivity contribution in [3.63, 3.8) is 0 Å². The molecule has 1 fully saturated rings. The Morgan fingerprint density at radius 3 is 2.35 bits per heavy atom. The van der Waals surface area contributed by atoms with Gasteiger partial charge < -0.3 is 4.74 Å². The third-order valence-electron chi connectivity index (χ3n) is 5.26. The van der Waals surface area contributed by atoms with Crippen molar-refractivity contribution in [3.8, 4) is 5.75 Å². The maximum atomic E-state index is 12.7. The zero-order valence-corrected chi connectivity index (χ0v) is 16.5. The van der Waals surface area contributed by atoms with Gasteiger partial charge in [0.1, 0.15) is 5.75 Å². The Kier molecular flexibility index (Phi) is 5.37. The van der Waals surface area contributed by atoms with Crippen molar-refractivity contribution < 1.29 is 13.2 Å². The van der Waals surface area contributed by atoms with Crippen molar-refractivity contribution in [2.24, 2.45) is 0 Å². The van der Waals surface area contributed by atoms with Crippen LogP contribution in [0.3, 0.4) is 0 Å². The fourth-order valence-corrected chi connectivity index (χ4v) is 4.79. The maximum Gasteiger partial charge on any atom is 0.243 e. The Morgan fingerprint density at radius 2 is 1.73 bits per heavy atom. The van der Waals surface area contributed by atoms with E-state index in [0.29, 0.717) is 18.0 Å². The molecule has 140 valence electrons. The monoisotopic (exact) mass is 374 g/mol. The van der Waals surface area contributed by atoms with Gasteiger partial charge in [-0.25, -0.2) is 8.42 Å². The molecule has 3 rings (SSSR count).